The summed E-state index contributed by atoms with van der Waals surface area (Å²) >= 11 is 0. The first-order valence-corrected chi connectivity index (χ1v) is 9.70. The molecule has 1 aromatic carbocycles. The second-order valence-corrected chi connectivity index (χ2v) is 6.67. The fraction of sp³-hybridized carbons (Fsp3) is 0.429. The van der Waals surface area contributed by atoms with Crippen molar-refractivity contribution in [1.82, 2.24) is 15.5 Å². The number of carbonyl (C=O) groups is 1. The monoisotopic (exact) mass is 528 g/mol. The third-order valence-corrected chi connectivity index (χ3v) is 4.76. The van der Waals surface area contributed by atoms with Crippen molar-refractivity contribution in [1.29, 1.82) is 0 Å². The maximum Gasteiger partial charge on any atom is 0.242 e. The summed E-state index contributed by atoms with van der Waals surface area (Å²) in [4.78, 5) is 18.8. The molecule has 2 aromatic rings. The van der Waals surface area contributed by atoms with Gasteiger partial charge in [-0.2, -0.15) is 0 Å². The highest BCUT2D eigenvalue weighted by Gasteiger charge is 2.21. The highest BCUT2D eigenvalue weighted by Crippen LogP contribution is 2.33. The topological polar surface area (TPSA) is 88.3 Å². The number of ether oxygens (including phenoxy) is 2. The van der Waals surface area contributed by atoms with Crippen molar-refractivity contribution in [2.24, 2.45) is 4.99 Å². The molecule has 0 saturated carbocycles. The predicted molar refractivity (Wildman–Crippen MR) is 126 cm³/mol. The first-order valence-electron chi connectivity index (χ1n) is 9.70. The summed E-state index contributed by atoms with van der Waals surface area (Å²) in [5.41, 5.74) is 2.41. The lowest BCUT2D eigenvalue weighted by Gasteiger charge is -2.32. The van der Waals surface area contributed by atoms with Gasteiger partial charge in [-0.3, -0.25) is 4.79 Å². The summed E-state index contributed by atoms with van der Waals surface area (Å²) in [6.45, 7) is 4.65. The highest BCUT2D eigenvalue weighted by molar-refractivity contribution is 14.0. The van der Waals surface area contributed by atoms with Crippen LogP contribution in [0.15, 0.2) is 39.9 Å². The summed E-state index contributed by atoms with van der Waals surface area (Å²) in [5, 5.41) is 6.09. The molecule has 0 aliphatic carbocycles. The lowest BCUT2D eigenvalue weighted by Crippen LogP contribution is -2.44. The number of amides is 1. The van der Waals surface area contributed by atoms with Gasteiger partial charge in [0.05, 0.1) is 27.0 Å². The Morgan fingerprint density at radius 3 is 2.57 bits per heavy atom. The van der Waals surface area contributed by atoms with E-state index < -0.39 is 0 Å². The van der Waals surface area contributed by atoms with Gasteiger partial charge in [0.1, 0.15) is 12.3 Å². The molecule has 0 unspecified atom stereocenters. The van der Waals surface area contributed by atoms with E-state index in [1.54, 1.807) is 26.5 Å². The molecule has 0 fully saturated rings. The molecule has 0 bridgehead atoms. The van der Waals surface area contributed by atoms with Gasteiger partial charge in [0.25, 0.3) is 0 Å². The molecule has 9 heteroatoms. The molecule has 0 radical (unpaired) electrons. The highest BCUT2D eigenvalue weighted by atomic mass is 127. The van der Waals surface area contributed by atoms with E-state index in [9.17, 15) is 4.79 Å². The van der Waals surface area contributed by atoms with E-state index in [0.717, 1.165) is 31.2 Å². The Bertz CT molecular complexity index is 855. The number of rotatable bonds is 7. The largest absolute Gasteiger partial charge is 0.493 e. The number of hydrogen-bond acceptors (Lipinski definition) is 5. The first kappa shape index (κ1) is 23.8. The number of fused-ring (bicyclic) bond motifs is 1. The van der Waals surface area contributed by atoms with Gasteiger partial charge in [0.15, 0.2) is 17.5 Å². The van der Waals surface area contributed by atoms with E-state index in [2.05, 4.69) is 20.5 Å². The fourth-order valence-electron chi connectivity index (χ4n) is 3.29. The summed E-state index contributed by atoms with van der Waals surface area (Å²) in [7, 11) is 3.28. The number of furan rings is 1. The maximum atomic E-state index is 12.1. The van der Waals surface area contributed by atoms with Crippen molar-refractivity contribution >= 4 is 35.8 Å². The van der Waals surface area contributed by atoms with Crippen molar-refractivity contribution in [3.8, 4) is 11.5 Å². The minimum absolute atomic E-state index is 0. The Hall–Kier alpha value is -2.43. The van der Waals surface area contributed by atoms with Crippen LogP contribution < -0.4 is 20.1 Å². The van der Waals surface area contributed by atoms with Gasteiger partial charge in [-0.15, -0.1) is 24.0 Å². The molecular weight excluding hydrogens is 499 g/mol. The third-order valence-electron chi connectivity index (χ3n) is 4.76. The van der Waals surface area contributed by atoms with Gasteiger partial charge in [0, 0.05) is 19.6 Å². The number of hydrogen-bond donors (Lipinski definition) is 2. The zero-order valence-corrected chi connectivity index (χ0v) is 19.9. The molecule has 0 atom stereocenters. The predicted octanol–water partition coefficient (Wildman–Crippen LogP) is 2.55. The summed E-state index contributed by atoms with van der Waals surface area (Å²) in [5.74, 6) is 2.74. The van der Waals surface area contributed by atoms with Gasteiger partial charge in [-0.05, 0) is 48.7 Å². The van der Waals surface area contributed by atoms with Gasteiger partial charge < -0.3 is 29.4 Å². The molecule has 1 aromatic heterocycles. The Balaban J connectivity index is 0.00000320. The molecule has 1 amide bonds. The molecule has 1 aliphatic heterocycles. The zero-order chi connectivity index (χ0) is 20.6. The quantitative estimate of drug-likeness (QED) is 0.327. The van der Waals surface area contributed by atoms with Crippen molar-refractivity contribution in [3.05, 3.63) is 47.4 Å². The molecule has 2 heterocycles. The van der Waals surface area contributed by atoms with Crippen molar-refractivity contribution in [2.45, 2.75) is 26.4 Å². The molecule has 8 nitrogen and oxygen atoms in total. The van der Waals surface area contributed by atoms with Gasteiger partial charge in [-0.1, -0.05) is 0 Å². The maximum absolute atomic E-state index is 12.1. The van der Waals surface area contributed by atoms with E-state index in [1.165, 1.54) is 11.1 Å². The number of guanidine groups is 1. The van der Waals surface area contributed by atoms with Crippen molar-refractivity contribution in [3.63, 3.8) is 0 Å². The molecule has 3 rings (SSSR count). The number of benzene rings is 1. The van der Waals surface area contributed by atoms with E-state index >= 15 is 0 Å². The molecule has 2 N–H and O–H groups in total. The molecule has 0 saturated heterocycles. The Kier molecular flexibility index (Phi) is 9.28. The van der Waals surface area contributed by atoms with Crippen LogP contribution in [0.3, 0.4) is 0 Å². The fourth-order valence-corrected chi connectivity index (χ4v) is 3.29. The average Bonchev–Trinajstić information content (AvgIpc) is 3.27. The number of carbonyl (C=O) groups excluding carboxylic acids is 1. The normalized spacial score (nSPS) is 13.2. The van der Waals surface area contributed by atoms with Crippen LogP contribution in [-0.2, 0) is 24.3 Å². The number of aliphatic imine (C=N–C) groups is 1. The van der Waals surface area contributed by atoms with Crippen LogP contribution in [0.5, 0.6) is 11.5 Å². The number of nitrogens with zero attached hydrogens (tertiary/aromatic N) is 2. The Morgan fingerprint density at radius 2 is 1.93 bits per heavy atom. The molecule has 0 spiro atoms. The van der Waals surface area contributed by atoms with Crippen LogP contribution >= 0.6 is 24.0 Å². The summed E-state index contributed by atoms with van der Waals surface area (Å²) < 4.78 is 16.1. The third kappa shape index (κ3) is 6.04. The van der Waals surface area contributed by atoms with Crippen LogP contribution in [-0.4, -0.2) is 50.6 Å². The second-order valence-electron chi connectivity index (χ2n) is 6.67. The molecular formula is C21H29IN4O4. The standard InChI is InChI=1S/C21H28N4O4.HI/c1-4-22-21(24-13-20(26)23-12-17-6-5-9-29-17)25-8-7-15-10-18(27-2)19(28-3)11-16(15)14-25;/h5-6,9-11H,4,7-8,12-14H2,1-3H3,(H,22,24)(H,23,26);1H. The van der Waals surface area contributed by atoms with Crippen LogP contribution in [0.4, 0.5) is 0 Å². The SMILES string of the molecule is CCNC(=NCC(=O)NCc1ccco1)N1CCc2cc(OC)c(OC)cc2C1.I. The van der Waals surface area contributed by atoms with E-state index in [4.69, 9.17) is 13.9 Å². The van der Waals surface area contributed by atoms with E-state index in [-0.39, 0.29) is 36.4 Å². The lowest BCUT2D eigenvalue weighted by molar-refractivity contribution is -0.119. The van der Waals surface area contributed by atoms with Crippen LogP contribution in [0.1, 0.15) is 23.8 Å². The number of methoxy groups -OCH3 is 2. The van der Waals surface area contributed by atoms with E-state index in [1.807, 2.05) is 25.1 Å². The minimum atomic E-state index is -0.152. The molecule has 1 aliphatic rings. The average molecular weight is 528 g/mol. The number of nitrogens with one attached hydrogen (secondary N) is 2. The second kappa shape index (κ2) is 11.7. The van der Waals surface area contributed by atoms with Crippen LogP contribution in [0.2, 0.25) is 0 Å². The Morgan fingerprint density at radius 1 is 1.20 bits per heavy atom. The summed E-state index contributed by atoms with van der Waals surface area (Å²) in [6, 6.07) is 7.67. The molecule has 30 heavy (non-hydrogen) atoms. The Labute approximate surface area is 194 Å². The number of halogens is 1. The van der Waals surface area contributed by atoms with E-state index in [0.29, 0.717) is 24.6 Å². The van der Waals surface area contributed by atoms with Crippen molar-refractivity contribution in [2.75, 3.05) is 33.9 Å². The van der Waals surface area contributed by atoms with Crippen molar-refractivity contribution < 1.29 is 18.7 Å². The van der Waals surface area contributed by atoms with Gasteiger partial charge in [0.2, 0.25) is 5.91 Å². The lowest BCUT2D eigenvalue weighted by atomic mass is 9.99. The first-order chi connectivity index (χ1) is 14.1. The summed E-state index contributed by atoms with van der Waals surface area (Å²) in [6.07, 6.45) is 2.45. The smallest absolute Gasteiger partial charge is 0.242 e. The van der Waals surface area contributed by atoms with Gasteiger partial charge in [-0.25, -0.2) is 4.99 Å². The van der Waals surface area contributed by atoms with Crippen LogP contribution in [0.25, 0.3) is 0 Å². The van der Waals surface area contributed by atoms with Gasteiger partial charge >= 0.3 is 0 Å². The van der Waals surface area contributed by atoms with Crippen LogP contribution in [0, 0.1) is 0 Å². The minimum Gasteiger partial charge on any atom is -0.493 e. The zero-order valence-electron chi connectivity index (χ0n) is 17.6. The molecule has 164 valence electrons.